The number of nitrogens with zero attached hydrogens (tertiary/aromatic N) is 4. The van der Waals surface area contributed by atoms with E-state index in [1.807, 2.05) is 49.9 Å². The minimum atomic E-state index is -0.509. The average molecular weight is 406 g/mol. The van der Waals surface area contributed by atoms with E-state index in [2.05, 4.69) is 15.3 Å². The second-order valence-corrected chi connectivity index (χ2v) is 8.32. The number of pyridine rings is 1. The van der Waals surface area contributed by atoms with Crippen molar-refractivity contribution in [2.45, 2.75) is 38.8 Å². The van der Waals surface area contributed by atoms with Gasteiger partial charge in [0.25, 0.3) is 5.91 Å². The molecule has 156 valence electrons. The molecule has 3 heterocycles. The minimum absolute atomic E-state index is 0.0303. The summed E-state index contributed by atoms with van der Waals surface area (Å²) in [5.41, 5.74) is 3.75. The maximum atomic E-state index is 13.2. The largest absolute Gasteiger partial charge is 0.377 e. The molecule has 30 heavy (non-hydrogen) atoms. The number of carbonyl (C=O) groups excluding carboxylic acids is 2. The molecule has 0 bridgehead atoms. The van der Waals surface area contributed by atoms with E-state index in [1.165, 1.54) is 0 Å². The molecule has 1 aromatic carbocycles. The lowest BCUT2D eigenvalue weighted by Gasteiger charge is -2.40. The molecule has 2 amide bonds. The molecule has 2 aromatic rings. The van der Waals surface area contributed by atoms with Gasteiger partial charge in [-0.25, -0.2) is 0 Å². The van der Waals surface area contributed by atoms with Gasteiger partial charge in [-0.15, -0.1) is 0 Å². The highest BCUT2D eigenvalue weighted by atomic mass is 16.2. The molecule has 2 aliphatic rings. The number of amides is 2. The first-order chi connectivity index (χ1) is 14.3. The molecule has 4 rings (SSSR count). The van der Waals surface area contributed by atoms with Crippen molar-refractivity contribution in [2.24, 2.45) is 4.99 Å². The van der Waals surface area contributed by atoms with E-state index in [0.717, 1.165) is 22.5 Å². The highest BCUT2D eigenvalue weighted by Gasteiger charge is 2.44. The molecular formula is C23H27N5O2. The Bertz CT molecular complexity index is 1020. The first kappa shape index (κ1) is 20.1. The normalized spacial score (nSPS) is 17.9. The van der Waals surface area contributed by atoms with Crippen LogP contribution in [0.1, 0.15) is 48.7 Å². The van der Waals surface area contributed by atoms with Crippen LogP contribution in [0.2, 0.25) is 0 Å². The summed E-state index contributed by atoms with van der Waals surface area (Å²) in [5.74, 6) is 0.145. The number of anilines is 2. The van der Waals surface area contributed by atoms with Crippen LogP contribution in [0.5, 0.6) is 0 Å². The minimum Gasteiger partial charge on any atom is -0.377 e. The molecule has 1 saturated heterocycles. The van der Waals surface area contributed by atoms with Crippen molar-refractivity contribution < 1.29 is 9.59 Å². The van der Waals surface area contributed by atoms with Gasteiger partial charge in [-0.3, -0.25) is 24.5 Å². The van der Waals surface area contributed by atoms with Crippen molar-refractivity contribution in [1.82, 2.24) is 9.88 Å². The number of carbonyl (C=O) groups is 2. The number of rotatable bonds is 5. The third-order valence-corrected chi connectivity index (χ3v) is 5.86. The van der Waals surface area contributed by atoms with E-state index in [1.54, 1.807) is 30.6 Å². The molecule has 7 nitrogen and oxygen atoms in total. The maximum absolute atomic E-state index is 13.2. The number of hydrogen-bond acceptors (Lipinski definition) is 5. The topological polar surface area (TPSA) is 77.9 Å². The first-order valence-electron chi connectivity index (χ1n) is 10.3. The van der Waals surface area contributed by atoms with Crippen LogP contribution in [0, 0.1) is 0 Å². The zero-order chi connectivity index (χ0) is 21.5. The lowest BCUT2D eigenvalue weighted by molar-refractivity contribution is -0.134. The molecule has 0 saturated carbocycles. The Morgan fingerprint density at radius 1 is 1.30 bits per heavy atom. The predicted octanol–water partition coefficient (Wildman–Crippen LogP) is 3.06. The Morgan fingerprint density at radius 3 is 2.77 bits per heavy atom. The fourth-order valence-corrected chi connectivity index (χ4v) is 4.28. The van der Waals surface area contributed by atoms with Gasteiger partial charge in [0.1, 0.15) is 0 Å². The van der Waals surface area contributed by atoms with E-state index >= 15 is 0 Å². The van der Waals surface area contributed by atoms with E-state index in [4.69, 9.17) is 0 Å². The Labute approximate surface area is 176 Å². The second-order valence-electron chi connectivity index (χ2n) is 8.32. The van der Waals surface area contributed by atoms with Crippen molar-refractivity contribution in [3.63, 3.8) is 0 Å². The number of benzene rings is 1. The predicted molar refractivity (Wildman–Crippen MR) is 118 cm³/mol. The van der Waals surface area contributed by atoms with Crippen molar-refractivity contribution in [3.05, 3.63) is 53.3 Å². The maximum Gasteiger partial charge on any atom is 0.259 e. The zero-order valence-corrected chi connectivity index (χ0v) is 17.8. The summed E-state index contributed by atoms with van der Waals surface area (Å²) in [5, 5.41) is 3.43. The highest BCUT2D eigenvalue weighted by molar-refractivity contribution is 6.12. The smallest absolute Gasteiger partial charge is 0.259 e. The van der Waals surface area contributed by atoms with Crippen LogP contribution in [0.15, 0.2) is 41.7 Å². The molecule has 2 aliphatic heterocycles. The average Bonchev–Trinajstić information content (AvgIpc) is 2.89. The summed E-state index contributed by atoms with van der Waals surface area (Å²) >= 11 is 0. The van der Waals surface area contributed by atoms with E-state index < -0.39 is 5.54 Å². The summed E-state index contributed by atoms with van der Waals surface area (Å²) in [4.78, 5) is 37.1. The number of aromatic nitrogens is 1. The monoisotopic (exact) mass is 405 g/mol. The van der Waals surface area contributed by atoms with Crippen LogP contribution in [0.4, 0.5) is 11.4 Å². The quantitative estimate of drug-likeness (QED) is 0.776. The van der Waals surface area contributed by atoms with Crippen LogP contribution in [-0.2, 0) is 10.3 Å². The molecule has 0 unspecified atom stereocenters. The highest BCUT2D eigenvalue weighted by Crippen LogP contribution is 2.42. The van der Waals surface area contributed by atoms with Gasteiger partial charge in [-0.2, -0.15) is 0 Å². The molecule has 0 radical (unpaired) electrons. The van der Waals surface area contributed by atoms with Crippen LogP contribution in [0.25, 0.3) is 0 Å². The summed E-state index contributed by atoms with van der Waals surface area (Å²) in [6.45, 7) is 7.35. The standard InChI is InChI=1S/C23H27N5O2/c1-5-21(29)27-13-17(14-27)26-16-9-18(12-25-11-16)28-22(30)19-7-6-15(10-24-4)8-20(19)23(28,2)3/h6-12,17,26H,5,13-14H2,1-4H3. The Balaban J connectivity index is 1.56. The Kier molecular flexibility index (Phi) is 5.05. The second kappa shape index (κ2) is 7.55. The molecule has 1 aromatic heterocycles. The zero-order valence-electron chi connectivity index (χ0n) is 17.8. The lowest BCUT2D eigenvalue weighted by atomic mass is 9.92. The summed E-state index contributed by atoms with van der Waals surface area (Å²) in [6.07, 6.45) is 5.80. The fourth-order valence-electron chi connectivity index (χ4n) is 4.28. The lowest BCUT2D eigenvalue weighted by Crippen LogP contribution is -2.56. The van der Waals surface area contributed by atoms with Gasteiger partial charge in [0.15, 0.2) is 0 Å². The van der Waals surface area contributed by atoms with Crippen molar-refractivity contribution in [3.8, 4) is 0 Å². The van der Waals surface area contributed by atoms with Crippen LogP contribution in [0.3, 0.4) is 0 Å². The molecule has 0 aliphatic carbocycles. The van der Waals surface area contributed by atoms with Gasteiger partial charge in [0.2, 0.25) is 5.91 Å². The Morgan fingerprint density at radius 2 is 2.07 bits per heavy atom. The van der Waals surface area contributed by atoms with Crippen molar-refractivity contribution in [1.29, 1.82) is 0 Å². The van der Waals surface area contributed by atoms with Crippen LogP contribution >= 0.6 is 0 Å². The van der Waals surface area contributed by atoms with Gasteiger partial charge in [-0.1, -0.05) is 13.0 Å². The van der Waals surface area contributed by atoms with E-state index in [9.17, 15) is 9.59 Å². The molecule has 1 N–H and O–H groups in total. The van der Waals surface area contributed by atoms with Crippen molar-refractivity contribution >= 4 is 29.4 Å². The van der Waals surface area contributed by atoms with Crippen LogP contribution < -0.4 is 10.2 Å². The van der Waals surface area contributed by atoms with E-state index in [-0.39, 0.29) is 17.9 Å². The first-order valence-corrected chi connectivity index (χ1v) is 10.3. The van der Waals surface area contributed by atoms with Gasteiger partial charge in [0, 0.05) is 38.3 Å². The van der Waals surface area contributed by atoms with Gasteiger partial charge < -0.3 is 10.2 Å². The van der Waals surface area contributed by atoms with Crippen LogP contribution in [-0.4, -0.2) is 54.1 Å². The van der Waals surface area contributed by atoms with E-state index in [0.29, 0.717) is 25.1 Å². The molecule has 0 spiro atoms. The number of hydrogen-bond donors (Lipinski definition) is 1. The third kappa shape index (κ3) is 3.34. The van der Waals surface area contributed by atoms with Gasteiger partial charge in [-0.05, 0) is 43.2 Å². The number of aliphatic imine (C=N–C) groups is 1. The van der Waals surface area contributed by atoms with Gasteiger partial charge >= 0.3 is 0 Å². The molecular weight excluding hydrogens is 378 g/mol. The number of likely N-dealkylation sites (tertiary alicyclic amines) is 1. The Hall–Kier alpha value is -3.22. The third-order valence-electron chi connectivity index (χ3n) is 5.86. The number of fused-ring (bicyclic) bond motifs is 1. The number of nitrogens with one attached hydrogen (secondary N) is 1. The van der Waals surface area contributed by atoms with Crippen molar-refractivity contribution in [2.75, 3.05) is 30.4 Å². The summed E-state index contributed by atoms with van der Waals surface area (Å²) in [7, 11) is 1.74. The SMILES string of the molecule is CCC(=O)N1CC(Nc2cncc(N3C(=O)c4ccc(C=NC)cc4C3(C)C)c2)C1. The molecule has 7 heteroatoms. The summed E-state index contributed by atoms with van der Waals surface area (Å²) in [6, 6.07) is 7.98. The molecule has 1 fully saturated rings. The molecule has 0 atom stereocenters. The summed E-state index contributed by atoms with van der Waals surface area (Å²) < 4.78 is 0. The van der Waals surface area contributed by atoms with Gasteiger partial charge in [0.05, 0.1) is 35.3 Å². The fraction of sp³-hybridized carbons (Fsp3) is 0.391.